The van der Waals surface area contributed by atoms with Gasteiger partial charge in [-0.15, -0.1) is 11.3 Å². The molecule has 1 aliphatic carbocycles. The molecule has 4 aromatic rings. The normalized spacial score (nSPS) is 19.1. The number of fused-ring (bicyclic) bond motifs is 1. The van der Waals surface area contributed by atoms with E-state index in [1.165, 1.54) is 5.56 Å². The van der Waals surface area contributed by atoms with Gasteiger partial charge in [-0.3, -0.25) is 0 Å². The number of allylic oxidation sites excluding steroid dienone is 1. The van der Waals surface area contributed by atoms with E-state index in [2.05, 4.69) is 110 Å². The van der Waals surface area contributed by atoms with Gasteiger partial charge in [0.1, 0.15) is 0 Å². The van der Waals surface area contributed by atoms with Crippen LogP contribution in [0.25, 0.3) is 16.5 Å². The van der Waals surface area contributed by atoms with Crippen LogP contribution in [0.4, 0.5) is 0 Å². The minimum atomic E-state index is -1.16. The predicted molar refractivity (Wildman–Crippen MR) is 158 cm³/mol. The van der Waals surface area contributed by atoms with Crippen LogP contribution in [0.2, 0.25) is 0 Å². The Morgan fingerprint density at radius 3 is 2.55 bits per heavy atom. The molecule has 0 radical (unpaired) electrons. The Balaban J connectivity index is 1.79. The van der Waals surface area contributed by atoms with Crippen molar-refractivity contribution in [3.05, 3.63) is 113 Å². The number of rotatable bonds is 9. The van der Waals surface area contributed by atoms with Crippen LogP contribution in [0.15, 0.2) is 90.4 Å². The maximum atomic E-state index is 13.4. The molecule has 0 saturated carbocycles. The summed E-state index contributed by atoms with van der Waals surface area (Å²) in [6.45, 7) is 2.96. The first-order valence-electron chi connectivity index (χ1n) is 13.1. The first-order chi connectivity index (χ1) is 18.4. The van der Waals surface area contributed by atoms with Gasteiger partial charge in [-0.2, -0.15) is 0 Å². The maximum absolute atomic E-state index is 13.4. The number of benzene rings is 2. The van der Waals surface area contributed by atoms with Crippen LogP contribution >= 0.6 is 11.3 Å². The van der Waals surface area contributed by atoms with E-state index in [1.807, 2.05) is 12.3 Å². The molecule has 3 atom stereocenters. The highest BCUT2D eigenvalue weighted by Crippen LogP contribution is 2.54. The van der Waals surface area contributed by atoms with Crippen LogP contribution < -0.4 is 4.74 Å². The van der Waals surface area contributed by atoms with Crippen molar-refractivity contribution in [2.24, 2.45) is 0 Å². The van der Waals surface area contributed by atoms with Crippen LogP contribution in [0.1, 0.15) is 47.9 Å². The zero-order chi connectivity index (χ0) is 26.8. The molecule has 1 N–H and O–H groups in total. The number of thiophene rings is 1. The molecule has 0 bridgehead atoms. The SMILES string of the molecule is COc1ncc(-c2cccs2)cc1C(c1ccccc1)C(O)(CCN(C)C)[C@]1(C)CC=Cc2ccccc21. The van der Waals surface area contributed by atoms with Gasteiger partial charge in [0.2, 0.25) is 5.88 Å². The Labute approximate surface area is 230 Å². The van der Waals surface area contributed by atoms with Crippen molar-refractivity contribution in [3.8, 4) is 16.3 Å². The predicted octanol–water partition coefficient (Wildman–Crippen LogP) is 7.01. The Kier molecular flexibility index (Phi) is 7.53. The number of nitrogens with zero attached hydrogens (tertiary/aromatic N) is 2. The van der Waals surface area contributed by atoms with E-state index in [0.717, 1.165) is 40.1 Å². The molecule has 0 aliphatic heterocycles. The smallest absolute Gasteiger partial charge is 0.216 e. The molecule has 5 rings (SSSR count). The van der Waals surface area contributed by atoms with Crippen molar-refractivity contribution in [1.82, 2.24) is 9.88 Å². The molecule has 0 fully saturated rings. The first kappa shape index (κ1) is 26.4. The van der Waals surface area contributed by atoms with Gasteiger partial charge in [0.15, 0.2) is 0 Å². The summed E-state index contributed by atoms with van der Waals surface area (Å²) in [5.41, 5.74) is 3.59. The summed E-state index contributed by atoms with van der Waals surface area (Å²) in [5.74, 6) is 0.168. The third-order valence-corrected chi connectivity index (χ3v) is 8.99. The van der Waals surface area contributed by atoms with E-state index in [0.29, 0.717) is 12.3 Å². The highest BCUT2D eigenvalue weighted by atomic mass is 32.1. The average molecular weight is 525 g/mol. The zero-order valence-corrected chi connectivity index (χ0v) is 23.4. The molecule has 0 amide bonds. The zero-order valence-electron chi connectivity index (χ0n) is 22.6. The van der Waals surface area contributed by atoms with E-state index in [1.54, 1.807) is 18.4 Å². The fourth-order valence-electron chi connectivity index (χ4n) is 6.00. The molecule has 0 spiro atoms. The summed E-state index contributed by atoms with van der Waals surface area (Å²) in [7, 11) is 5.79. The molecule has 2 unspecified atom stereocenters. The van der Waals surface area contributed by atoms with Gasteiger partial charge in [-0.25, -0.2) is 4.98 Å². The fourth-order valence-corrected chi connectivity index (χ4v) is 6.71. The molecular weight excluding hydrogens is 488 g/mol. The lowest BCUT2D eigenvalue weighted by Gasteiger charge is -2.52. The molecule has 196 valence electrons. The number of hydrogen-bond acceptors (Lipinski definition) is 5. The van der Waals surface area contributed by atoms with E-state index < -0.39 is 11.0 Å². The molecule has 2 aromatic heterocycles. The summed E-state index contributed by atoms with van der Waals surface area (Å²) in [4.78, 5) is 8.06. The lowest BCUT2D eigenvalue weighted by Crippen LogP contribution is -2.56. The van der Waals surface area contributed by atoms with Crippen molar-refractivity contribution in [2.45, 2.75) is 36.7 Å². The standard InChI is InChI=1S/C33H36N2O2S/c1-32(18-10-15-24-12-8-9-16-28(24)32)33(36,19-20-35(2)3)30(25-13-6-5-7-14-25)27-22-26(23-34-31(27)37-4)29-17-11-21-38-29/h5-17,21-23,30,36H,18-20H2,1-4H3/t30?,32-,33?/m1/s1. The van der Waals surface area contributed by atoms with Crippen LogP contribution in [0.3, 0.4) is 0 Å². The lowest BCUT2D eigenvalue weighted by molar-refractivity contribution is -0.0589. The monoisotopic (exact) mass is 524 g/mol. The van der Waals surface area contributed by atoms with Gasteiger partial charge in [0.05, 0.1) is 12.7 Å². The van der Waals surface area contributed by atoms with E-state index in [9.17, 15) is 5.11 Å². The summed E-state index contributed by atoms with van der Waals surface area (Å²) in [5, 5.41) is 15.4. The number of pyridine rings is 1. The van der Waals surface area contributed by atoms with Crippen LogP contribution in [0, 0.1) is 0 Å². The van der Waals surface area contributed by atoms with E-state index in [-0.39, 0.29) is 5.92 Å². The molecule has 2 aromatic carbocycles. The highest BCUT2D eigenvalue weighted by molar-refractivity contribution is 7.13. The molecule has 0 saturated heterocycles. The maximum Gasteiger partial charge on any atom is 0.216 e. The van der Waals surface area contributed by atoms with E-state index >= 15 is 0 Å². The van der Waals surface area contributed by atoms with Crippen LogP contribution in [-0.4, -0.2) is 48.3 Å². The summed E-state index contributed by atoms with van der Waals surface area (Å²) in [6.07, 6.45) is 7.57. The Morgan fingerprint density at radius 1 is 1.08 bits per heavy atom. The molecule has 5 heteroatoms. The molecule has 1 aliphatic rings. The third kappa shape index (κ3) is 4.71. The third-order valence-electron chi connectivity index (χ3n) is 8.07. The van der Waals surface area contributed by atoms with Gasteiger partial charge in [0, 0.05) is 40.1 Å². The van der Waals surface area contributed by atoms with E-state index in [4.69, 9.17) is 9.72 Å². The van der Waals surface area contributed by atoms with Gasteiger partial charge in [-0.05, 0) is 61.1 Å². The fraction of sp³-hybridized carbons (Fsp3) is 0.303. The second kappa shape index (κ2) is 10.9. The van der Waals surface area contributed by atoms with Gasteiger partial charge in [0.25, 0.3) is 0 Å². The van der Waals surface area contributed by atoms with Gasteiger partial charge in [-0.1, -0.05) is 79.7 Å². The Bertz CT molecular complexity index is 1400. The quantitative estimate of drug-likeness (QED) is 0.256. The number of aromatic nitrogens is 1. The number of ether oxygens (including phenoxy) is 1. The highest BCUT2D eigenvalue weighted by Gasteiger charge is 2.54. The first-order valence-corrected chi connectivity index (χ1v) is 14.0. The lowest BCUT2D eigenvalue weighted by atomic mass is 9.56. The van der Waals surface area contributed by atoms with Crippen molar-refractivity contribution in [1.29, 1.82) is 0 Å². The van der Waals surface area contributed by atoms with Crippen molar-refractivity contribution >= 4 is 17.4 Å². The molecular formula is C33H36N2O2S. The topological polar surface area (TPSA) is 45.6 Å². The van der Waals surface area contributed by atoms with Crippen molar-refractivity contribution in [3.63, 3.8) is 0 Å². The van der Waals surface area contributed by atoms with Gasteiger partial charge < -0.3 is 14.7 Å². The number of methoxy groups -OCH3 is 1. The number of hydrogen-bond donors (Lipinski definition) is 1. The number of aliphatic hydroxyl groups is 1. The second-order valence-corrected chi connectivity index (χ2v) is 11.6. The van der Waals surface area contributed by atoms with Crippen LogP contribution in [0.5, 0.6) is 5.88 Å². The second-order valence-electron chi connectivity index (χ2n) is 10.6. The Morgan fingerprint density at radius 2 is 1.84 bits per heavy atom. The Hall–Kier alpha value is -3.25. The summed E-state index contributed by atoms with van der Waals surface area (Å²) < 4.78 is 5.89. The van der Waals surface area contributed by atoms with Crippen LogP contribution in [-0.2, 0) is 5.41 Å². The molecule has 2 heterocycles. The minimum Gasteiger partial charge on any atom is -0.481 e. The summed E-state index contributed by atoms with van der Waals surface area (Å²) in [6, 6.07) is 25.2. The average Bonchev–Trinajstić information content (AvgIpc) is 3.48. The van der Waals surface area contributed by atoms with Crippen molar-refractivity contribution < 1.29 is 9.84 Å². The summed E-state index contributed by atoms with van der Waals surface area (Å²) >= 11 is 1.69. The largest absolute Gasteiger partial charge is 0.481 e. The molecule has 4 nitrogen and oxygen atoms in total. The molecule has 38 heavy (non-hydrogen) atoms. The minimum absolute atomic E-state index is 0.379. The van der Waals surface area contributed by atoms with Crippen molar-refractivity contribution in [2.75, 3.05) is 27.7 Å². The van der Waals surface area contributed by atoms with Gasteiger partial charge >= 0.3 is 0 Å².